The minimum Gasteiger partial charge on any atom is -0.372 e. The van der Waals surface area contributed by atoms with Crippen LogP contribution in [-0.4, -0.2) is 39.0 Å². The third kappa shape index (κ3) is 2.01. The van der Waals surface area contributed by atoms with Crippen molar-refractivity contribution in [1.29, 1.82) is 0 Å². The Morgan fingerprint density at radius 3 is 3.00 bits per heavy atom. The van der Waals surface area contributed by atoms with Crippen LogP contribution >= 0.6 is 11.8 Å². The zero-order valence-corrected chi connectivity index (χ0v) is 11.4. The van der Waals surface area contributed by atoms with Gasteiger partial charge in [-0.2, -0.15) is 11.8 Å². The minimum absolute atomic E-state index is 0.418. The zero-order valence-electron chi connectivity index (χ0n) is 10.6. The zero-order chi connectivity index (χ0) is 12.6. The van der Waals surface area contributed by atoms with E-state index in [1.54, 1.807) is 6.20 Å². The van der Waals surface area contributed by atoms with Crippen molar-refractivity contribution in [2.24, 2.45) is 0 Å². The van der Waals surface area contributed by atoms with Crippen LogP contribution in [-0.2, 0) is 0 Å². The third-order valence-electron chi connectivity index (χ3n) is 3.45. The van der Waals surface area contributed by atoms with E-state index in [4.69, 9.17) is 0 Å². The second-order valence-electron chi connectivity index (χ2n) is 4.62. The molecule has 0 atom stereocenters. The van der Waals surface area contributed by atoms with Crippen molar-refractivity contribution < 1.29 is 0 Å². The molecule has 2 aromatic rings. The average Bonchev–Trinajstić information content (AvgIpc) is 3.04. The van der Waals surface area contributed by atoms with Gasteiger partial charge in [0.1, 0.15) is 5.82 Å². The molecule has 1 aliphatic rings. The number of aromatic nitrogens is 3. The van der Waals surface area contributed by atoms with Crippen LogP contribution in [0, 0.1) is 0 Å². The molecule has 2 aromatic heterocycles. The molecule has 1 saturated carbocycles. The van der Waals surface area contributed by atoms with Gasteiger partial charge in [-0.25, -0.2) is 9.97 Å². The fraction of sp³-hybridized carbons (Fsp3) is 0.500. The first-order valence-electron chi connectivity index (χ1n) is 6.07. The van der Waals surface area contributed by atoms with Crippen LogP contribution in [0.4, 0.5) is 11.6 Å². The molecule has 0 spiro atoms. The fourth-order valence-corrected chi connectivity index (χ4v) is 2.73. The molecule has 0 amide bonds. The molecule has 6 heteroatoms. The lowest BCUT2D eigenvalue weighted by Crippen LogP contribution is -2.19. The Morgan fingerprint density at radius 2 is 2.33 bits per heavy atom. The maximum atomic E-state index is 4.54. The lowest BCUT2D eigenvalue weighted by molar-refractivity contribution is 0.937. The molecule has 1 aliphatic carbocycles. The second kappa shape index (κ2) is 4.35. The van der Waals surface area contributed by atoms with Crippen LogP contribution in [0.15, 0.2) is 18.6 Å². The lowest BCUT2D eigenvalue weighted by atomic mass is 10.4. The molecule has 0 unspecified atom stereocenters. The van der Waals surface area contributed by atoms with E-state index in [1.165, 1.54) is 12.8 Å². The van der Waals surface area contributed by atoms with Gasteiger partial charge in [-0.3, -0.25) is 0 Å². The second-order valence-corrected chi connectivity index (χ2v) is 5.90. The Labute approximate surface area is 110 Å². The summed E-state index contributed by atoms with van der Waals surface area (Å²) in [6, 6.07) is 0. The van der Waals surface area contributed by atoms with Crippen LogP contribution in [0.1, 0.15) is 12.8 Å². The Kier molecular flexibility index (Phi) is 2.81. The predicted molar refractivity (Wildman–Crippen MR) is 76.5 cm³/mol. The first-order valence-corrected chi connectivity index (χ1v) is 7.29. The van der Waals surface area contributed by atoms with E-state index in [1.807, 2.05) is 35.6 Å². The van der Waals surface area contributed by atoms with Gasteiger partial charge in [0.2, 0.25) is 0 Å². The first-order chi connectivity index (χ1) is 8.76. The molecule has 0 aromatic carbocycles. The number of nitrogens with zero attached hydrogens (tertiary/aromatic N) is 3. The molecule has 2 N–H and O–H groups in total. The number of thioether (sulfide) groups is 1. The topological polar surface area (TPSA) is 54.2 Å². The average molecular weight is 263 g/mol. The van der Waals surface area contributed by atoms with Crippen LogP contribution < -0.4 is 10.6 Å². The van der Waals surface area contributed by atoms with E-state index in [0.717, 1.165) is 23.8 Å². The highest BCUT2D eigenvalue weighted by Crippen LogP contribution is 2.47. The highest BCUT2D eigenvalue weighted by molar-refractivity contribution is 8.00. The molecule has 5 nitrogen and oxygen atoms in total. The van der Waals surface area contributed by atoms with Crippen molar-refractivity contribution >= 4 is 29.0 Å². The van der Waals surface area contributed by atoms with E-state index in [0.29, 0.717) is 4.75 Å². The summed E-state index contributed by atoms with van der Waals surface area (Å²) in [5, 5.41) is 6.52. The van der Waals surface area contributed by atoms with E-state index in [-0.39, 0.29) is 0 Å². The summed E-state index contributed by atoms with van der Waals surface area (Å²) < 4.78 is 2.40. The van der Waals surface area contributed by atoms with Gasteiger partial charge in [0, 0.05) is 30.7 Å². The van der Waals surface area contributed by atoms with Crippen molar-refractivity contribution in [3.63, 3.8) is 0 Å². The Balaban J connectivity index is 1.87. The van der Waals surface area contributed by atoms with Gasteiger partial charge in [0.15, 0.2) is 11.5 Å². The minimum atomic E-state index is 0.418. The fourth-order valence-electron chi connectivity index (χ4n) is 2.01. The number of nitrogens with one attached hydrogen (secondary N) is 2. The van der Waals surface area contributed by atoms with E-state index in [9.17, 15) is 0 Å². The van der Waals surface area contributed by atoms with Gasteiger partial charge < -0.3 is 15.0 Å². The summed E-state index contributed by atoms with van der Waals surface area (Å²) in [6.45, 7) is 0.955. The molecule has 3 rings (SSSR count). The Hall–Kier alpha value is -1.43. The predicted octanol–water partition coefficient (Wildman–Crippen LogP) is 2.08. The monoisotopic (exact) mass is 263 g/mol. The molecular formula is C12H17N5S. The summed E-state index contributed by atoms with van der Waals surface area (Å²) in [7, 11) is 1.87. The Bertz CT molecular complexity index is 561. The molecule has 0 bridgehead atoms. The van der Waals surface area contributed by atoms with E-state index < -0.39 is 0 Å². The van der Waals surface area contributed by atoms with Gasteiger partial charge in [0.25, 0.3) is 0 Å². The maximum Gasteiger partial charge on any atom is 0.180 e. The van der Waals surface area contributed by atoms with Crippen molar-refractivity contribution in [3.05, 3.63) is 18.6 Å². The third-order valence-corrected chi connectivity index (χ3v) is 4.87. The molecule has 2 heterocycles. The number of hydrogen-bond donors (Lipinski definition) is 2. The van der Waals surface area contributed by atoms with E-state index in [2.05, 4.69) is 26.9 Å². The summed E-state index contributed by atoms with van der Waals surface area (Å²) >= 11 is 1.94. The standard InChI is InChI=1S/C12H17N5S/c1-13-9-7-17-6-5-14-11(17)10(16-9)15-8-12(18-2)3-4-12/h5-7,13H,3-4,8H2,1-2H3,(H,15,16). The van der Waals surface area contributed by atoms with Gasteiger partial charge in [0.05, 0.1) is 6.20 Å². The largest absolute Gasteiger partial charge is 0.372 e. The lowest BCUT2D eigenvalue weighted by Gasteiger charge is -2.14. The van der Waals surface area contributed by atoms with Crippen LogP contribution in [0.25, 0.3) is 5.65 Å². The number of fused-ring (bicyclic) bond motifs is 1. The normalized spacial score (nSPS) is 16.8. The summed E-state index contributed by atoms with van der Waals surface area (Å²) in [4.78, 5) is 8.89. The number of anilines is 2. The van der Waals surface area contributed by atoms with Crippen molar-refractivity contribution in [2.75, 3.05) is 30.5 Å². The van der Waals surface area contributed by atoms with E-state index >= 15 is 0 Å². The number of hydrogen-bond acceptors (Lipinski definition) is 5. The highest BCUT2D eigenvalue weighted by Gasteiger charge is 2.41. The quantitative estimate of drug-likeness (QED) is 0.865. The summed E-state index contributed by atoms with van der Waals surface area (Å²) in [6.07, 6.45) is 10.4. The van der Waals surface area contributed by atoms with Gasteiger partial charge >= 0.3 is 0 Å². The Morgan fingerprint density at radius 1 is 1.50 bits per heavy atom. The smallest absolute Gasteiger partial charge is 0.180 e. The van der Waals surface area contributed by atoms with Crippen molar-refractivity contribution in [2.45, 2.75) is 17.6 Å². The molecule has 0 aliphatic heterocycles. The first kappa shape index (κ1) is 11.6. The highest BCUT2D eigenvalue weighted by atomic mass is 32.2. The number of imidazole rings is 1. The molecule has 18 heavy (non-hydrogen) atoms. The van der Waals surface area contributed by atoms with Crippen LogP contribution in [0.3, 0.4) is 0 Å². The van der Waals surface area contributed by atoms with Crippen LogP contribution in [0.5, 0.6) is 0 Å². The van der Waals surface area contributed by atoms with Crippen molar-refractivity contribution in [1.82, 2.24) is 14.4 Å². The van der Waals surface area contributed by atoms with Gasteiger partial charge in [-0.05, 0) is 19.1 Å². The molecule has 1 fully saturated rings. The van der Waals surface area contributed by atoms with Gasteiger partial charge in [-0.15, -0.1) is 0 Å². The summed E-state index contributed by atoms with van der Waals surface area (Å²) in [5.74, 6) is 1.70. The SMILES string of the molecule is CNc1cn2ccnc2c(NCC2(SC)CC2)n1. The molecular weight excluding hydrogens is 246 g/mol. The molecule has 96 valence electrons. The summed E-state index contributed by atoms with van der Waals surface area (Å²) in [5.41, 5.74) is 0.880. The number of rotatable bonds is 5. The van der Waals surface area contributed by atoms with Crippen molar-refractivity contribution in [3.8, 4) is 0 Å². The van der Waals surface area contributed by atoms with Crippen LogP contribution in [0.2, 0.25) is 0 Å². The maximum absolute atomic E-state index is 4.54. The molecule has 0 saturated heterocycles. The van der Waals surface area contributed by atoms with Gasteiger partial charge in [-0.1, -0.05) is 0 Å². The molecule has 0 radical (unpaired) electrons.